The molecule has 1 aliphatic heterocycles. The fourth-order valence-corrected chi connectivity index (χ4v) is 4.29. The van der Waals surface area contributed by atoms with Crippen LogP contribution in [0.4, 0.5) is 5.82 Å². The third-order valence-corrected chi connectivity index (χ3v) is 6.20. The summed E-state index contributed by atoms with van der Waals surface area (Å²) in [4.78, 5) is 48.4. The molecule has 0 unspecified atom stereocenters. The zero-order chi connectivity index (χ0) is 25.5. The highest BCUT2D eigenvalue weighted by atomic mass is 16.6. The molecule has 1 aromatic heterocycles. The Hall–Kier alpha value is -4.32. The van der Waals surface area contributed by atoms with Crippen LogP contribution in [-0.4, -0.2) is 64.6 Å². The van der Waals surface area contributed by atoms with Gasteiger partial charge in [-0.1, -0.05) is 47.6 Å². The van der Waals surface area contributed by atoms with Crippen molar-refractivity contribution in [2.24, 2.45) is 0 Å². The van der Waals surface area contributed by atoms with Crippen LogP contribution in [0, 0.1) is 10.1 Å². The number of nitrogens with zero attached hydrogens (tertiary/aromatic N) is 2. The van der Waals surface area contributed by atoms with Gasteiger partial charge in [-0.3, -0.25) is 14.4 Å². The summed E-state index contributed by atoms with van der Waals surface area (Å²) in [7, 11) is 0. The van der Waals surface area contributed by atoms with Crippen molar-refractivity contribution in [3.63, 3.8) is 0 Å². The Balaban J connectivity index is 1.31. The van der Waals surface area contributed by atoms with Gasteiger partial charge in [-0.2, -0.15) is 0 Å². The minimum atomic E-state index is -1.19. The average Bonchev–Trinajstić information content (AvgIpc) is 3.38. The van der Waals surface area contributed by atoms with Crippen molar-refractivity contribution >= 4 is 34.3 Å². The van der Waals surface area contributed by atoms with Crippen LogP contribution >= 0.6 is 0 Å². The Morgan fingerprint density at radius 1 is 1.03 bits per heavy atom. The van der Waals surface area contributed by atoms with Gasteiger partial charge in [-0.15, -0.1) is 5.10 Å². The lowest BCUT2D eigenvalue weighted by atomic mass is 9.87. The van der Waals surface area contributed by atoms with Crippen LogP contribution < -0.4 is 21.3 Å². The number of benzene rings is 2. The molecular formula is C24H27N7O5. The van der Waals surface area contributed by atoms with E-state index in [-0.39, 0.29) is 37.0 Å². The van der Waals surface area contributed by atoms with E-state index >= 15 is 0 Å². The average molecular weight is 494 g/mol. The van der Waals surface area contributed by atoms with Crippen LogP contribution in [0.15, 0.2) is 48.5 Å². The summed E-state index contributed by atoms with van der Waals surface area (Å²) in [5, 5.41) is 30.3. The molecule has 0 atom stereocenters. The second kappa shape index (κ2) is 11.0. The lowest BCUT2D eigenvalue weighted by Crippen LogP contribution is -2.63. The summed E-state index contributed by atoms with van der Waals surface area (Å²) in [6.45, 7) is 1.43. The first-order valence-corrected chi connectivity index (χ1v) is 11.6. The maximum absolute atomic E-state index is 13.1. The van der Waals surface area contributed by atoms with Gasteiger partial charge in [-0.25, -0.2) is 0 Å². The normalized spacial score (nSPS) is 14.7. The Morgan fingerprint density at radius 3 is 2.50 bits per heavy atom. The maximum atomic E-state index is 13.1. The van der Waals surface area contributed by atoms with Gasteiger partial charge >= 0.3 is 5.82 Å². The summed E-state index contributed by atoms with van der Waals surface area (Å²) in [5.41, 5.74) is -0.444. The largest absolute Gasteiger partial charge is 0.358 e. The van der Waals surface area contributed by atoms with Crippen LogP contribution in [0.25, 0.3) is 10.8 Å². The number of carbonyl (C=O) groups excluding carboxylic acids is 3. The first kappa shape index (κ1) is 24.8. The zero-order valence-corrected chi connectivity index (χ0v) is 19.5. The van der Waals surface area contributed by atoms with E-state index in [1.165, 1.54) is 0 Å². The first-order chi connectivity index (χ1) is 17.4. The molecule has 4 rings (SSSR count). The molecule has 12 heteroatoms. The third-order valence-electron chi connectivity index (χ3n) is 6.20. The highest BCUT2D eigenvalue weighted by molar-refractivity contribution is 5.98. The van der Waals surface area contributed by atoms with Gasteiger partial charge in [0, 0.05) is 13.1 Å². The predicted molar refractivity (Wildman–Crippen MR) is 131 cm³/mol. The van der Waals surface area contributed by atoms with Gasteiger partial charge in [0.1, 0.15) is 5.54 Å². The number of rotatable bonds is 9. The summed E-state index contributed by atoms with van der Waals surface area (Å²) in [6, 6.07) is 14.7. The van der Waals surface area contributed by atoms with Crippen molar-refractivity contribution in [2.75, 3.05) is 26.2 Å². The molecular weight excluding hydrogens is 466 g/mol. The predicted octanol–water partition coefficient (Wildman–Crippen LogP) is 0.798. The van der Waals surface area contributed by atoms with Crippen LogP contribution in [0.1, 0.15) is 28.9 Å². The number of H-pyrrole nitrogens is 1. The minimum absolute atomic E-state index is 0.161. The molecule has 12 nitrogen and oxygen atoms in total. The molecule has 2 aromatic carbocycles. The van der Waals surface area contributed by atoms with E-state index in [0.29, 0.717) is 25.9 Å². The van der Waals surface area contributed by atoms with Gasteiger partial charge < -0.3 is 31.4 Å². The molecule has 3 amide bonds. The number of piperidine rings is 1. The Bertz CT molecular complexity index is 1280. The summed E-state index contributed by atoms with van der Waals surface area (Å²) < 4.78 is 0. The topological polar surface area (TPSA) is 171 Å². The number of carbonyl (C=O) groups is 3. The van der Waals surface area contributed by atoms with E-state index in [0.717, 1.165) is 22.4 Å². The fraction of sp³-hybridized carbons (Fsp3) is 0.333. The molecule has 0 saturated carbocycles. The third kappa shape index (κ3) is 5.66. The Labute approximate surface area is 206 Å². The van der Waals surface area contributed by atoms with Gasteiger partial charge in [-0.05, 0) is 47.2 Å². The number of hydrogen-bond acceptors (Lipinski definition) is 7. The van der Waals surface area contributed by atoms with Crippen LogP contribution in [0.3, 0.4) is 0 Å². The lowest BCUT2D eigenvalue weighted by molar-refractivity contribution is -0.389. The second-order valence-corrected chi connectivity index (χ2v) is 8.60. The quantitative estimate of drug-likeness (QED) is 0.167. The van der Waals surface area contributed by atoms with Crippen molar-refractivity contribution < 1.29 is 19.3 Å². The monoisotopic (exact) mass is 493 g/mol. The summed E-state index contributed by atoms with van der Waals surface area (Å²) in [6.07, 6.45) is 0.895. The zero-order valence-electron chi connectivity index (χ0n) is 19.5. The van der Waals surface area contributed by atoms with Crippen molar-refractivity contribution in [3.05, 3.63) is 69.9 Å². The molecule has 0 aliphatic carbocycles. The van der Waals surface area contributed by atoms with Crippen LogP contribution in [-0.2, 0) is 16.0 Å². The molecule has 188 valence electrons. The first-order valence-electron chi connectivity index (χ1n) is 11.6. The highest BCUT2D eigenvalue weighted by Crippen LogP contribution is 2.21. The maximum Gasteiger partial charge on any atom is 0.343 e. The molecule has 2 heterocycles. The van der Waals surface area contributed by atoms with E-state index in [1.54, 1.807) is 0 Å². The van der Waals surface area contributed by atoms with E-state index in [2.05, 4.69) is 31.5 Å². The van der Waals surface area contributed by atoms with Crippen LogP contribution in [0.5, 0.6) is 0 Å². The minimum Gasteiger partial charge on any atom is -0.358 e. The number of fused-ring (bicyclic) bond motifs is 1. The molecule has 0 radical (unpaired) electrons. The van der Waals surface area contributed by atoms with Crippen molar-refractivity contribution in [1.82, 2.24) is 31.5 Å². The van der Waals surface area contributed by atoms with Gasteiger partial charge in [0.25, 0.3) is 5.91 Å². The lowest BCUT2D eigenvalue weighted by Gasteiger charge is -2.36. The molecule has 1 fully saturated rings. The molecule has 5 N–H and O–H groups in total. The number of hydrogen-bond donors (Lipinski definition) is 5. The van der Waals surface area contributed by atoms with E-state index in [4.69, 9.17) is 0 Å². The number of amides is 3. The van der Waals surface area contributed by atoms with Crippen molar-refractivity contribution in [3.8, 4) is 0 Å². The van der Waals surface area contributed by atoms with Gasteiger partial charge in [0.05, 0.1) is 12.5 Å². The Kier molecular flexibility index (Phi) is 7.54. The summed E-state index contributed by atoms with van der Waals surface area (Å²) in [5.74, 6) is -1.64. The van der Waals surface area contributed by atoms with E-state index in [1.807, 2.05) is 42.5 Å². The number of nitrogens with one attached hydrogen (secondary N) is 5. The molecule has 1 saturated heterocycles. The smallest absolute Gasteiger partial charge is 0.343 e. The Morgan fingerprint density at radius 2 is 1.75 bits per heavy atom. The van der Waals surface area contributed by atoms with Crippen molar-refractivity contribution in [1.29, 1.82) is 0 Å². The fourth-order valence-electron chi connectivity index (χ4n) is 4.29. The van der Waals surface area contributed by atoms with Gasteiger partial charge in [0.15, 0.2) is 5.69 Å². The SMILES string of the molecule is O=C(Cc1cccc2ccccc12)NCCNC(=O)C1(NC(=O)c2cc([N+](=O)[O-])[nH]n2)CCNCC1. The number of aromatic nitrogens is 2. The molecule has 36 heavy (non-hydrogen) atoms. The molecule has 3 aromatic rings. The molecule has 0 bridgehead atoms. The molecule has 1 aliphatic rings. The van der Waals surface area contributed by atoms with Crippen LogP contribution in [0.2, 0.25) is 0 Å². The number of aromatic amines is 1. The number of nitro groups is 1. The van der Waals surface area contributed by atoms with E-state index < -0.39 is 22.2 Å². The van der Waals surface area contributed by atoms with Crippen molar-refractivity contribution in [2.45, 2.75) is 24.8 Å². The molecule has 0 spiro atoms. The standard InChI is InChI=1S/C24H27N7O5/c32-21(14-17-6-3-5-16-4-1-2-7-18(16)17)26-12-13-27-23(34)24(8-10-25-11-9-24)28-22(33)19-15-20(30-29-19)31(35)36/h1-7,15,25H,8-14H2,(H,26,32)(H,27,34)(H,28,33)(H,29,30). The van der Waals surface area contributed by atoms with E-state index in [9.17, 15) is 24.5 Å². The second-order valence-electron chi connectivity index (χ2n) is 8.60. The van der Waals surface area contributed by atoms with Gasteiger partial charge in [0.2, 0.25) is 11.8 Å². The summed E-state index contributed by atoms with van der Waals surface area (Å²) >= 11 is 0. The highest BCUT2D eigenvalue weighted by Gasteiger charge is 2.41.